The Morgan fingerprint density at radius 2 is 1.83 bits per heavy atom. The molecule has 1 atom stereocenters. The average Bonchev–Trinajstić information content (AvgIpc) is 2.35. The molecule has 1 aliphatic heterocycles. The van der Waals surface area contributed by atoms with Crippen molar-refractivity contribution in [1.29, 1.82) is 0 Å². The molecule has 0 spiro atoms. The number of piperazine rings is 1. The standard InChI is InChI=1S/C13H19F2N3/c1-17-4-6-18(7-5-17)9-13(16)10-2-3-11(14)12(15)8-10/h2-3,8,13H,4-7,9,16H2,1H3. The Balaban J connectivity index is 1.94. The van der Waals surface area contributed by atoms with Crippen LogP contribution in [-0.2, 0) is 0 Å². The number of benzene rings is 1. The SMILES string of the molecule is CN1CCN(CC(N)c2ccc(F)c(F)c2)CC1. The molecule has 18 heavy (non-hydrogen) atoms. The van der Waals surface area contributed by atoms with Crippen LogP contribution in [0.4, 0.5) is 8.78 Å². The first-order valence-corrected chi connectivity index (χ1v) is 6.17. The Labute approximate surface area is 106 Å². The van der Waals surface area contributed by atoms with Crippen LogP contribution in [0.2, 0.25) is 0 Å². The Hall–Kier alpha value is -1.04. The molecule has 0 amide bonds. The molecule has 100 valence electrons. The zero-order chi connectivity index (χ0) is 13.1. The van der Waals surface area contributed by atoms with E-state index in [1.165, 1.54) is 6.07 Å². The van der Waals surface area contributed by atoms with E-state index in [1.807, 2.05) is 0 Å². The maximum absolute atomic E-state index is 13.1. The molecule has 0 radical (unpaired) electrons. The van der Waals surface area contributed by atoms with Crippen LogP contribution in [0.1, 0.15) is 11.6 Å². The summed E-state index contributed by atoms with van der Waals surface area (Å²) < 4.78 is 26.0. The normalized spacial score (nSPS) is 20.0. The lowest BCUT2D eigenvalue weighted by atomic mass is 10.1. The number of halogens is 2. The first-order chi connectivity index (χ1) is 8.56. The summed E-state index contributed by atoms with van der Waals surface area (Å²) in [6.45, 7) is 4.65. The van der Waals surface area contributed by atoms with Crippen LogP contribution in [0.25, 0.3) is 0 Å². The summed E-state index contributed by atoms with van der Waals surface area (Å²) in [5, 5.41) is 0. The van der Waals surface area contributed by atoms with Gasteiger partial charge in [-0.05, 0) is 24.7 Å². The maximum Gasteiger partial charge on any atom is 0.159 e. The third kappa shape index (κ3) is 3.25. The van der Waals surface area contributed by atoms with Crippen molar-refractivity contribution in [2.75, 3.05) is 39.8 Å². The third-order valence-electron chi connectivity index (χ3n) is 3.42. The van der Waals surface area contributed by atoms with Crippen molar-refractivity contribution in [1.82, 2.24) is 9.80 Å². The average molecular weight is 255 g/mol. The van der Waals surface area contributed by atoms with Crippen LogP contribution in [0.5, 0.6) is 0 Å². The van der Waals surface area contributed by atoms with Gasteiger partial charge in [-0.2, -0.15) is 0 Å². The summed E-state index contributed by atoms with van der Waals surface area (Å²) in [4.78, 5) is 4.52. The monoisotopic (exact) mass is 255 g/mol. The number of nitrogens with zero attached hydrogens (tertiary/aromatic N) is 2. The molecule has 1 aromatic carbocycles. The number of nitrogens with two attached hydrogens (primary N) is 1. The second-order valence-corrected chi connectivity index (χ2v) is 4.88. The molecule has 0 aliphatic carbocycles. The van der Waals surface area contributed by atoms with Gasteiger partial charge in [0, 0.05) is 38.8 Å². The molecule has 2 N–H and O–H groups in total. The Kier molecular flexibility index (Phi) is 4.27. The second-order valence-electron chi connectivity index (χ2n) is 4.88. The molecule has 1 aliphatic rings. The lowest BCUT2D eigenvalue weighted by molar-refractivity contribution is 0.147. The summed E-state index contributed by atoms with van der Waals surface area (Å²) in [6.07, 6.45) is 0. The Bertz CT molecular complexity index is 403. The highest BCUT2D eigenvalue weighted by atomic mass is 19.2. The van der Waals surface area contributed by atoms with Gasteiger partial charge in [-0.15, -0.1) is 0 Å². The number of rotatable bonds is 3. The predicted octanol–water partition coefficient (Wildman–Crippen LogP) is 1.21. The van der Waals surface area contributed by atoms with Crippen molar-refractivity contribution in [3.8, 4) is 0 Å². The van der Waals surface area contributed by atoms with E-state index in [2.05, 4.69) is 16.8 Å². The predicted molar refractivity (Wildman–Crippen MR) is 67.2 cm³/mol. The molecule has 1 heterocycles. The minimum Gasteiger partial charge on any atom is -0.323 e. The highest BCUT2D eigenvalue weighted by molar-refractivity contribution is 5.21. The van der Waals surface area contributed by atoms with Crippen LogP contribution in [-0.4, -0.2) is 49.6 Å². The number of hydrogen-bond acceptors (Lipinski definition) is 3. The molecular formula is C13H19F2N3. The van der Waals surface area contributed by atoms with E-state index in [1.54, 1.807) is 6.07 Å². The largest absolute Gasteiger partial charge is 0.323 e. The van der Waals surface area contributed by atoms with Gasteiger partial charge in [0.05, 0.1) is 0 Å². The van der Waals surface area contributed by atoms with E-state index in [0.717, 1.165) is 32.2 Å². The van der Waals surface area contributed by atoms with Gasteiger partial charge in [0.25, 0.3) is 0 Å². The van der Waals surface area contributed by atoms with E-state index in [4.69, 9.17) is 5.73 Å². The van der Waals surface area contributed by atoms with Crippen molar-refractivity contribution in [2.45, 2.75) is 6.04 Å². The molecule has 3 nitrogen and oxygen atoms in total. The summed E-state index contributed by atoms with van der Waals surface area (Å²) in [5.74, 6) is -1.66. The van der Waals surface area contributed by atoms with Gasteiger partial charge >= 0.3 is 0 Å². The van der Waals surface area contributed by atoms with Crippen molar-refractivity contribution < 1.29 is 8.78 Å². The molecule has 0 aromatic heterocycles. The summed E-state index contributed by atoms with van der Waals surface area (Å²) in [5.41, 5.74) is 6.68. The molecule has 1 aromatic rings. The molecule has 2 rings (SSSR count). The molecule has 1 fully saturated rings. The zero-order valence-corrected chi connectivity index (χ0v) is 10.6. The third-order valence-corrected chi connectivity index (χ3v) is 3.42. The van der Waals surface area contributed by atoms with E-state index < -0.39 is 11.6 Å². The highest BCUT2D eigenvalue weighted by Gasteiger charge is 2.17. The van der Waals surface area contributed by atoms with Gasteiger partial charge in [-0.3, -0.25) is 4.90 Å². The summed E-state index contributed by atoms with van der Waals surface area (Å²) in [7, 11) is 2.09. The molecule has 0 bridgehead atoms. The van der Waals surface area contributed by atoms with Crippen molar-refractivity contribution in [3.05, 3.63) is 35.4 Å². The van der Waals surface area contributed by atoms with Crippen molar-refractivity contribution in [3.63, 3.8) is 0 Å². The van der Waals surface area contributed by atoms with E-state index in [9.17, 15) is 8.78 Å². The number of likely N-dealkylation sites (N-methyl/N-ethyl adjacent to an activating group) is 1. The topological polar surface area (TPSA) is 32.5 Å². The Morgan fingerprint density at radius 1 is 1.17 bits per heavy atom. The van der Waals surface area contributed by atoms with Crippen LogP contribution in [0, 0.1) is 11.6 Å². The molecule has 5 heteroatoms. The summed E-state index contributed by atoms with van der Waals surface area (Å²) >= 11 is 0. The molecule has 0 saturated carbocycles. The van der Waals surface area contributed by atoms with Gasteiger partial charge < -0.3 is 10.6 Å². The van der Waals surface area contributed by atoms with E-state index >= 15 is 0 Å². The van der Waals surface area contributed by atoms with Gasteiger partial charge in [-0.1, -0.05) is 6.07 Å². The minimum absolute atomic E-state index is 0.275. The summed E-state index contributed by atoms with van der Waals surface area (Å²) in [6, 6.07) is 3.60. The number of hydrogen-bond donors (Lipinski definition) is 1. The fraction of sp³-hybridized carbons (Fsp3) is 0.538. The van der Waals surface area contributed by atoms with E-state index in [0.29, 0.717) is 12.1 Å². The van der Waals surface area contributed by atoms with E-state index in [-0.39, 0.29) is 6.04 Å². The smallest absolute Gasteiger partial charge is 0.159 e. The highest BCUT2D eigenvalue weighted by Crippen LogP contribution is 2.16. The van der Waals surface area contributed by atoms with Gasteiger partial charge in [0.2, 0.25) is 0 Å². The fourth-order valence-corrected chi connectivity index (χ4v) is 2.16. The first kappa shape index (κ1) is 13.4. The van der Waals surface area contributed by atoms with Gasteiger partial charge in [-0.25, -0.2) is 8.78 Å². The Morgan fingerprint density at radius 3 is 2.44 bits per heavy atom. The quantitative estimate of drug-likeness (QED) is 0.881. The second kappa shape index (κ2) is 5.73. The van der Waals surface area contributed by atoms with Crippen LogP contribution >= 0.6 is 0 Å². The van der Waals surface area contributed by atoms with Crippen molar-refractivity contribution in [2.24, 2.45) is 5.73 Å². The van der Waals surface area contributed by atoms with Gasteiger partial charge in [0.1, 0.15) is 0 Å². The lowest BCUT2D eigenvalue weighted by Crippen LogP contribution is -2.46. The molecular weight excluding hydrogens is 236 g/mol. The van der Waals surface area contributed by atoms with Crippen LogP contribution in [0.15, 0.2) is 18.2 Å². The lowest BCUT2D eigenvalue weighted by Gasteiger charge is -2.33. The first-order valence-electron chi connectivity index (χ1n) is 6.17. The fourth-order valence-electron chi connectivity index (χ4n) is 2.16. The van der Waals surface area contributed by atoms with Crippen molar-refractivity contribution >= 4 is 0 Å². The molecule has 1 unspecified atom stereocenters. The zero-order valence-electron chi connectivity index (χ0n) is 10.6. The van der Waals surface area contributed by atoms with Crippen LogP contribution in [0.3, 0.4) is 0 Å². The maximum atomic E-state index is 13.1. The molecule has 1 saturated heterocycles. The van der Waals surface area contributed by atoms with Crippen LogP contribution < -0.4 is 5.73 Å². The minimum atomic E-state index is -0.832. The van der Waals surface area contributed by atoms with Gasteiger partial charge in [0.15, 0.2) is 11.6 Å².